The molecule has 0 amide bonds. The fraction of sp³-hybridized carbons (Fsp3) is 0.200. The summed E-state index contributed by atoms with van der Waals surface area (Å²) < 4.78 is 4.63. The van der Waals surface area contributed by atoms with Crippen LogP contribution in [0.15, 0.2) is 24.3 Å². The monoisotopic (exact) mass is 226 g/mol. The lowest BCUT2D eigenvalue weighted by atomic mass is 10.1. The predicted molar refractivity (Wildman–Crippen MR) is 51.9 cm³/mol. The lowest BCUT2D eigenvalue weighted by Gasteiger charge is -2.06. The molecule has 0 aromatic heterocycles. The molecule has 0 unspecified atom stereocenters. The number of hydrogen-bond acceptors (Lipinski definition) is 6. The topological polar surface area (TPSA) is 93.1 Å². The molecule has 0 aliphatic carbocycles. The number of esters is 1. The van der Waals surface area contributed by atoms with Crippen molar-refractivity contribution in [2.75, 3.05) is 13.2 Å². The minimum absolute atomic E-state index is 0.0324. The van der Waals surface area contributed by atoms with E-state index in [1.807, 2.05) is 0 Å². The lowest BCUT2D eigenvalue weighted by Crippen LogP contribution is -2.14. The Balaban J connectivity index is 2.94. The maximum absolute atomic E-state index is 11.4. The van der Waals surface area contributed by atoms with Gasteiger partial charge in [-0.1, -0.05) is 12.1 Å². The molecule has 0 radical (unpaired) electrons. The number of ether oxygens (including phenoxy) is 1. The molecule has 6 heteroatoms. The first-order chi connectivity index (χ1) is 7.70. The standard InChI is InChI=1S/C10H10O6/c11-5-6-15-9(12)7-3-1-2-4-8(7)10(13)16-14/h1-4,11,14H,5-6H2. The molecule has 0 spiro atoms. The molecule has 0 aliphatic heterocycles. The molecule has 0 saturated carbocycles. The van der Waals surface area contributed by atoms with Gasteiger partial charge in [0.15, 0.2) is 0 Å². The molecule has 0 bridgehead atoms. The van der Waals surface area contributed by atoms with Gasteiger partial charge in [0.25, 0.3) is 0 Å². The van der Waals surface area contributed by atoms with Crippen molar-refractivity contribution >= 4 is 11.9 Å². The summed E-state index contributed by atoms with van der Waals surface area (Å²) in [6, 6.07) is 5.71. The number of benzene rings is 1. The van der Waals surface area contributed by atoms with Crippen molar-refractivity contribution in [3.8, 4) is 0 Å². The molecule has 0 atom stereocenters. The minimum atomic E-state index is -1.04. The Morgan fingerprint density at radius 1 is 1.12 bits per heavy atom. The maximum atomic E-state index is 11.4. The number of rotatable bonds is 4. The SMILES string of the molecule is O=C(OO)c1ccccc1C(=O)OCCO. The normalized spacial score (nSPS) is 9.62. The van der Waals surface area contributed by atoms with Gasteiger partial charge >= 0.3 is 11.9 Å². The van der Waals surface area contributed by atoms with E-state index in [0.717, 1.165) is 0 Å². The summed E-state index contributed by atoms with van der Waals surface area (Å²) >= 11 is 0. The number of aliphatic hydroxyl groups is 1. The van der Waals surface area contributed by atoms with Crippen molar-refractivity contribution in [3.63, 3.8) is 0 Å². The van der Waals surface area contributed by atoms with Crippen molar-refractivity contribution in [2.24, 2.45) is 0 Å². The molecule has 6 nitrogen and oxygen atoms in total. The first kappa shape index (κ1) is 12.2. The Bertz CT molecular complexity index is 387. The molecule has 0 saturated heterocycles. The van der Waals surface area contributed by atoms with Crippen LogP contribution in [0.2, 0.25) is 0 Å². The summed E-state index contributed by atoms with van der Waals surface area (Å²) in [5, 5.41) is 16.7. The summed E-state index contributed by atoms with van der Waals surface area (Å²) in [7, 11) is 0. The van der Waals surface area contributed by atoms with E-state index in [-0.39, 0.29) is 24.3 Å². The summed E-state index contributed by atoms with van der Waals surface area (Å²) in [5.41, 5.74) is -0.136. The van der Waals surface area contributed by atoms with Crippen molar-refractivity contribution < 1.29 is 29.6 Å². The molecular formula is C10H10O6. The molecule has 0 heterocycles. The second kappa shape index (κ2) is 5.84. The third-order valence-corrected chi connectivity index (χ3v) is 1.77. The van der Waals surface area contributed by atoms with Crippen LogP contribution in [0.25, 0.3) is 0 Å². The molecule has 16 heavy (non-hydrogen) atoms. The molecule has 1 aromatic rings. The van der Waals surface area contributed by atoms with E-state index in [1.165, 1.54) is 24.3 Å². The van der Waals surface area contributed by atoms with Crippen molar-refractivity contribution in [2.45, 2.75) is 0 Å². The van der Waals surface area contributed by atoms with Gasteiger partial charge in [0.05, 0.1) is 17.7 Å². The minimum Gasteiger partial charge on any atom is -0.460 e. The average molecular weight is 226 g/mol. The van der Waals surface area contributed by atoms with E-state index >= 15 is 0 Å². The molecule has 1 aromatic carbocycles. The Morgan fingerprint density at radius 2 is 1.69 bits per heavy atom. The Hall–Kier alpha value is -1.92. The molecule has 2 N–H and O–H groups in total. The fourth-order valence-electron chi connectivity index (χ4n) is 1.10. The Labute approximate surface area is 91.0 Å². The maximum Gasteiger partial charge on any atom is 0.373 e. The molecule has 86 valence electrons. The first-order valence-corrected chi connectivity index (χ1v) is 4.43. The van der Waals surface area contributed by atoms with E-state index in [0.29, 0.717) is 0 Å². The van der Waals surface area contributed by atoms with E-state index in [4.69, 9.17) is 10.4 Å². The van der Waals surface area contributed by atoms with E-state index in [2.05, 4.69) is 9.62 Å². The van der Waals surface area contributed by atoms with Crippen molar-refractivity contribution in [3.05, 3.63) is 35.4 Å². The Kier molecular flexibility index (Phi) is 4.43. The second-order valence-electron chi connectivity index (χ2n) is 2.78. The van der Waals surface area contributed by atoms with Gasteiger partial charge in [-0.25, -0.2) is 9.59 Å². The van der Waals surface area contributed by atoms with Gasteiger partial charge in [-0.05, 0) is 12.1 Å². The zero-order valence-electron chi connectivity index (χ0n) is 8.25. The lowest BCUT2D eigenvalue weighted by molar-refractivity contribution is -0.182. The smallest absolute Gasteiger partial charge is 0.373 e. The molecule has 0 aliphatic rings. The zero-order valence-corrected chi connectivity index (χ0v) is 8.25. The van der Waals surface area contributed by atoms with Crippen LogP contribution in [0.4, 0.5) is 0 Å². The summed E-state index contributed by atoms with van der Waals surface area (Å²) in [6.45, 7) is -0.473. The zero-order chi connectivity index (χ0) is 12.0. The summed E-state index contributed by atoms with van der Waals surface area (Å²) in [6.07, 6.45) is 0. The summed E-state index contributed by atoms with van der Waals surface area (Å²) in [5.74, 6) is -1.81. The molecular weight excluding hydrogens is 216 g/mol. The van der Waals surface area contributed by atoms with Gasteiger partial charge in [-0.15, -0.1) is 0 Å². The van der Waals surface area contributed by atoms with Crippen molar-refractivity contribution in [1.29, 1.82) is 0 Å². The third-order valence-electron chi connectivity index (χ3n) is 1.77. The molecule has 0 fully saturated rings. The highest BCUT2D eigenvalue weighted by Crippen LogP contribution is 2.11. The van der Waals surface area contributed by atoms with Crippen LogP contribution in [-0.2, 0) is 9.62 Å². The second-order valence-corrected chi connectivity index (χ2v) is 2.78. The number of carbonyl (C=O) groups is 2. The van der Waals surface area contributed by atoms with Gasteiger partial charge in [0.2, 0.25) is 0 Å². The molecule has 1 rings (SSSR count). The highest BCUT2D eigenvalue weighted by molar-refractivity contribution is 6.02. The quantitative estimate of drug-likeness (QED) is 0.440. The largest absolute Gasteiger partial charge is 0.460 e. The van der Waals surface area contributed by atoms with Crippen LogP contribution in [-0.4, -0.2) is 35.5 Å². The van der Waals surface area contributed by atoms with Gasteiger partial charge < -0.3 is 9.84 Å². The predicted octanol–water partition coefficient (Wildman–Crippen LogP) is 0.466. The number of carbonyl (C=O) groups excluding carboxylic acids is 2. The van der Waals surface area contributed by atoms with E-state index in [1.54, 1.807) is 0 Å². The highest BCUT2D eigenvalue weighted by atomic mass is 17.1. The van der Waals surface area contributed by atoms with Crippen LogP contribution in [0.1, 0.15) is 20.7 Å². The van der Waals surface area contributed by atoms with E-state index < -0.39 is 11.9 Å². The number of hydrogen-bond donors (Lipinski definition) is 2. The fourth-order valence-corrected chi connectivity index (χ4v) is 1.10. The third kappa shape index (κ3) is 2.78. The van der Waals surface area contributed by atoms with Gasteiger partial charge in [0.1, 0.15) is 6.61 Å². The van der Waals surface area contributed by atoms with Gasteiger partial charge in [0, 0.05) is 0 Å². The first-order valence-electron chi connectivity index (χ1n) is 4.43. The average Bonchev–Trinajstić information content (AvgIpc) is 2.35. The van der Waals surface area contributed by atoms with Crippen LogP contribution < -0.4 is 0 Å². The van der Waals surface area contributed by atoms with Crippen LogP contribution in [0.5, 0.6) is 0 Å². The van der Waals surface area contributed by atoms with Gasteiger partial charge in [-0.2, -0.15) is 5.26 Å². The van der Waals surface area contributed by atoms with Gasteiger partial charge in [-0.3, -0.25) is 4.89 Å². The summed E-state index contributed by atoms with van der Waals surface area (Å²) in [4.78, 5) is 26.0. The van der Waals surface area contributed by atoms with Crippen molar-refractivity contribution in [1.82, 2.24) is 0 Å². The highest BCUT2D eigenvalue weighted by Gasteiger charge is 2.18. The number of aliphatic hydroxyl groups excluding tert-OH is 1. The van der Waals surface area contributed by atoms with Crippen LogP contribution in [0.3, 0.4) is 0 Å². The van der Waals surface area contributed by atoms with E-state index in [9.17, 15) is 9.59 Å². The van der Waals surface area contributed by atoms with Crippen LogP contribution in [0, 0.1) is 0 Å². The Morgan fingerprint density at radius 3 is 2.19 bits per heavy atom. The van der Waals surface area contributed by atoms with Crippen LogP contribution >= 0.6 is 0 Å².